The molecule has 4 rings (SSSR count). The van der Waals surface area contributed by atoms with Gasteiger partial charge < -0.3 is 11.1 Å². The summed E-state index contributed by atoms with van der Waals surface area (Å²) in [6, 6.07) is 19.1. The van der Waals surface area contributed by atoms with Gasteiger partial charge in [0.1, 0.15) is 9.71 Å². The van der Waals surface area contributed by atoms with E-state index in [1.165, 1.54) is 0 Å². The largest absolute Gasteiger partial charge is 0.417 e. The average molecular weight is 441 g/mol. The summed E-state index contributed by atoms with van der Waals surface area (Å²) >= 11 is 0.869. The van der Waals surface area contributed by atoms with Crippen LogP contribution in [0.5, 0.6) is 0 Å². The van der Waals surface area contributed by atoms with Crippen molar-refractivity contribution in [1.82, 2.24) is 10.3 Å². The molecule has 0 aliphatic carbocycles. The number of amides is 1. The first kappa shape index (κ1) is 20.9. The van der Waals surface area contributed by atoms with E-state index in [-0.39, 0.29) is 26.5 Å². The average Bonchev–Trinajstić information content (AvgIpc) is 3.10. The predicted molar refractivity (Wildman–Crippen MR) is 117 cm³/mol. The molecule has 31 heavy (non-hydrogen) atoms. The molecule has 2 heterocycles. The summed E-state index contributed by atoms with van der Waals surface area (Å²) < 4.78 is 41.4. The number of pyridine rings is 1. The standard InChI is InChI=1S/C23H18F3N3OS/c24-23(25,26)16-13-17(15-9-5-2-6-10-15)29-22-18(16)19(27)20(31-22)21(30)28-12-11-14-7-3-1-4-8-14/h1-10,13H,11-12,27H2,(H,28,30). The Morgan fingerprint density at radius 1 is 1.03 bits per heavy atom. The van der Waals surface area contributed by atoms with Gasteiger partial charge in [0.05, 0.1) is 16.9 Å². The molecule has 0 atom stereocenters. The highest BCUT2D eigenvalue weighted by molar-refractivity contribution is 7.21. The number of nitrogen functional groups attached to an aromatic ring is 1. The van der Waals surface area contributed by atoms with Crippen LogP contribution in [-0.4, -0.2) is 17.4 Å². The fourth-order valence-electron chi connectivity index (χ4n) is 3.32. The Hall–Kier alpha value is -3.39. The van der Waals surface area contributed by atoms with Crippen LogP contribution in [-0.2, 0) is 12.6 Å². The summed E-state index contributed by atoms with van der Waals surface area (Å²) in [7, 11) is 0. The molecule has 0 saturated heterocycles. The first-order chi connectivity index (χ1) is 14.8. The quantitative estimate of drug-likeness (QED) is 0.428. The first-order valence-electron chi connectivity index (χ1n) is 9.52. The molecule has 4 aromatic rings. The molecule has 0 bridgehead atoms. The number of fused-ring (bicyclic) bond motifs is 1. The number of nitrogens with one attached hydrogen (secondary N) is 1. The summed E-state index contributed by atoms with van der Waals surface area (Å²) in [4.78, 5) is 17.1. The number of thiophene rings is 1. The Morgan fingerprint density at radius 3 is 2.32 bits per heavy atom. The third-order valence-electron chi connectivity index (χ3n) is 4.82. The van der Waals surface area contributed by atoms with Crippen molar-refractivity contribution in [2.75, 3.05) is 12.3 Å². The highest BCUT2D eigenvalue weighted by atomic mass is 32.1. The molecule has 8 heteroatoms. The molecule has 3 N–H and O–H groups in total. The van der Waals surface area contributed by atoms with E-state index in [4.69, 9.17) is 5.73 Å². The fraction of sp³-hybridized carbons (Fsp3) is 0.130. The number of aromatic nitrogens is 1. The molecule has 0 radical (unpaired) electrons. The molecule has 0 spiro atoms. The van der Waals surface area contributed by atoms with E-state index >= 15 is 0 Å². The minimum atomic E-state index is -4.64. The smallest absolute Gasteiger partial charge is 0.397 e. The monoisotopic (exact) mass is 441 g/mol. The number of hydrogen-bond donors (Lipinski definition) is 2. The number of carbonyl (C=O) groups excluding carboxylic acids is 1. The highest BCUT2D eigenvalue weighted by Gasteiger charge is 2.36. The van der Waals surface area contributed by atoms with Gasteiger partial charge in [-0.25, -0.2) is 4.98 Å². The molecule has 0 fully saturated rings. The predicted octanol–water partition coefficient (Wildman–Crippen LogP) is 5.54. The van der Waals surface area contributed by atoms with Crippen LogP contribution in [0.4, 0.5) is 18.9 Å². The number of carbonyl (C=O) groups is 1. The van der Waals surface area contributed by atoms with Crippen molar-refractivity contribution in [1.29, 1.82) is 0 Å². The lowest BCUT2D eigenvalue weighted by atomic mass is 10.1. The van der Waals surface area contributed by atoms with Crippen molar-refractivity contribution < 1.29 is 18.0 Å². The van der Waals surface area contributed by atoms with Gasteiger partial charge >= 0.3 is 6.18 Å². The van der Waals surface area contributed by atoms with Crippen molar-refractivity contribution in [2.45, 2.75) is 12.6 Å². The van der Waals surface area contributed by atoms with Gasteiger partial charge in [0.25, 0.3) is 5.91 Å². The van der Waals surface area contributed by atoms with E-state index in [0.29, 0.717) is 18.5 Å². The molecular formula is C23H18F3N3OS. The molecule has 0 unspecified atom stereocenters. The molecule has 0 aliphatic heterocycles. The van der Waals surface area contributed by atoms with Crippen LogP contribution in [0.25, 0.3) is 21.5 Å². The molecular weight excluding hydrogens is 423 g/mol. The van der Waals surface area contributed by atoms with Crippen LogP contribution in [0.3, 0.4) is 0 Å². The van der Waals surface area contributed by atoms with E-state index in [9.17, 15) is 18.0 Å². The summed E-state index contributed by atoms with van der Waals surface area (Å²) in [5, 5.41) is 2.51. The van der Waals surface area contributed by atoms with Gasteiger partial charge in [-0.3, -0.25) is 4.79 Å². The van der Waals surface area contributed by atoms with Crippen molar-refractivity contribution in [2.24, 2.45) is 0 Å². The van der Waals surface area contributed by atoms with Crippen molar-refractivity contribution in [3.63, 3.8) is 0 Å². The molecule has 0 saturated carbocycles. The highest BCUT2D eigenvalue weighted by Crippen LogP contribution is 2.43. The van der Waals surface area contributed by atoms with Gasteiger partial charge in [-0.1, -0.05) is 60.7 Å². The third kappa shape index (κ3) is 4.39. The fourth-order valence-corrected chi connectivity index (χ4v) is 4.35. The lowest BCUT2D eigenvalue weighted by Crippen LogP contribution is -2.25. The second kappa shape index (κ2) is 8.39. The Balaban J connectivity index is 1.69. The van der Waals surface area contributed by atoms with Gasteiger partial charge in [-0.2, -0.15) is 13.2 Å². The second-order valence-electron chi connectivity index (χ2n) is 6.94. The number of alkyl halides is 3. The van der Waals surface area contributed by atoms with Crippen LogP contribution in [0, 0.1) is 0 Å². The van der Waals surface area contributed by atoms with Crippen LogP contribution in [0.2, 0.25) is 0 Å². The zero-order chi connectivity index (χ0) is 22.0. The number of nitrogens with two attached hydrogens (primary N) is 1. The van der Waals surface area contributed by atoms with Gasteiger partial charge in [-0.15, -0.1) is 11.3 Å². The first-order valence-corrected chi connectivity index (χ1v) is 10.3. The summed E-state index contributed by atoms with van der Waals surface area (Å²) in [6.45, 7) is 0.339. The maximum absolute atomic E-state index is 13.8. The zero-order valence-electron chi connectivity index (χ0n) is 16.2. The van der Waals surface area contributed by atoms with Gasteiger partial charge in [0, 0.05) is 17.5 Å². The van der Waals surface area contributed by atoms with Crippen LogP contribution in [0.1, 0.15) is 20.8 Å². The van der Waals surface area contributed by atoms with Gasteiger partial charge in [0.15, 0.2) is 0 Å². The van der Waals surface area contributed by atoms with E-state index < -0.39 is 17.6 Å². The van der Waals surface area contributed by atoms with E-state index in [0.717, 1.165) is 23.0 Å². The second-order valence-corrected chi connectivity index (χ2v) is 7.93. The Kier molecular flexibility index (Phi) is 5.65. The maximum atomic E-state index is 13.8. The van der Waals surface area contributed by atoms with Crippen molar-refractivity contribution in [3.8, 4) is 11.3 Å². The number of rotatable bonds is 5. The van der Waals surface area contributed by atoms with Crippen LogP contribution in [0.15, 0.2) is 66.7 Å². The number of halogens is 3. The molecule has 4 nitrogen and oxygen atoms in total. The topological polar surface area (TPSA) is 68.0 Å². The number of hydrogen-bond acceptors (Lipinski definition) is 4. The number of anilines is 1. The summed E-state index contributed by atoms with van der Waals surface area (Å²) in [5.74, 6) is -0.509. The lowest BCUT2D eigenvalue weighted by Gasteiger charge is -2.11. The molecule has 1 amide bonds. The van der Waals surface area contributed by atoms with Gasteiger partial charge in [0.2, 0.25) is 0 Å². The Bertz CT molecular complexity index is 1220. The number of nitrogens with zero attached hydrogens (tertiary/aromatic N) is 1. The van der Waals surface area contributed by atoms with Crippen molar-refractivity contribution in [3.05, 3.63) is 82.7 Å². The normalized spacial score (nSPS) is 11.6. The Labute approximate surface area is 180 Å². The minimum Gasteiger partial charge on any atom is -0.397 e. The van der Waals surface area contributed by atoms with E-state index in [2.05, 4.69) is 10.3 Å². The summed E-state index contributed by atoms with van der Waals surface area (Å²) in [5.41, 5.74) is 6.70. The molecule has 0 aliphatic rings. The summed E-state index contributed by atoms with van der Waals surface area (Å²) in [6.07, 6.45) is -4.04. The Morgan fingerprint density at radius 2 is 1.68 bits per heavy atom. The van der Waals surface area contributed by atoms with Crippen LogP contribution < -0.4 is 11.1 Å². The van der Waals surface area contributed by atoms with E-state index in [1.807, 2.05) is 30.3 Å². The lowest BCUT2D eigenvalue weighted by molar-refractivity contribution is -0.136. The van der Waals surface area contributed by atoms with Crippen LogP contribution >= 0.6 is 11.3 Å². The zero-order valence-corrected chi connectivity index (χ0v) is 17.1. The third-order valence-corrected chi connectivity index (χ3v) is 5.92. The maximum Gasteiger partial charge on any atom is 0.417 e. The molecule has 158 valence electrons. The SMILES string of the molecule is Nc1c(C(=O)NCCc2ccccc2)sc2nc(-c3ccccc3)cc(C(F)(F)F)c12. The van der Waals surface area contributed by atoms with E-state index in [1.54, 1.807) is 30.3 Å². The molecule has 2 aromatic heterocycles. The molecule has 2 aromatic carbocycles. The van der Waals surface area contributed by atoms with Gasteiger partial charge in [-0.05, 0) is 18.1 Å². The van der Waals surface area contributed by atoms with Crippen molar-refractivity contribution >= 4 is 33.1 Å². The minimum absolute atomic E-state index is 0.0336. The number of benzene rings is 2.